The number of rotatable bonds is 9. The van der Waals surface area contributed by atoms with Crippen LogP contribution in [0.4, 0.5) is 5.69 Å². The molecule has 0 saturated heterocycles. The lowest BCUT2D eigenvalue weighted by Gasteiger charge is -2.13. The van der Waals surface area contributed by atoms with Gasteiger partial charge in [-0.3, -0.25) is 24.1 Å². The third-order valence-corrected chi connectivity index (χ3v) is 5.53. The summed E-state index contributed by atoms with van der Waals surface area (Å²) in [6, 6.07) is 24.0. The van der Waals surface area contributed by atoms with Gasteiger partial charge in [0.05, 0.1) is 11.1 Å². The summed E-state index contributed by atoms with van der Waals surface area (Å²) in [5.41, 5.74) is 3.49. The third-order valence-electron chi connectivity index (χ3n) is 5.53. The van der Waals surface area contributed by atoms with Gasteiger partial charge >= 0.3 is 5.97 Å². The lowest BCUT2D eigenvalue weighted by molar-refractivity contribution is -0.147. The molecular formula is C27H24N2O5. The minimum absolute atomic E-state index is 0.00865. The number of imide groups is 1. The fourth-order valence-corrected chi connectivity index (χ4v) is 3.84. The Kier molecular flexibility index (Phi) is 7.13. The number of amides is 3. The molecule has 1 aliphatic rings. The van der Waals surface area contributed by atoms with E-state index in [0.29, 0.717) is 23.2 Å². The number of hydrogen-bond acceptors (Lipinski definition) is 5. The van der Waals surface area contributed by atoms with E-state index in [9.17, 15) is 19.2 Å². The molecule has 0 saturated carbocycles. The third kappa shape index (κ3) is 5.38. The zero-order valence-corrected chi connectivity index (χ0v) is 18.5. The van der Waals surface area contributed by atoms with E-state index >= 15 is 0 Å². The van der Waals surface area contributed by atoms with Crippen molar-refractivity contribution in [1.29, 1.82) is 0 Å². The minimum Gasteiger partial charge on any atom is -0.456 e. The Morgan fingerprint density at radius 2 is 1.41 bits per heavy atom. The van der Waals surface area contributed by atoms with E-state index in [1.807, 2.05) is 48.5 Å². The van der Waals surface area contributed by atoms with Crippen molar-refractivity contribution in [1.82, 2.24) is 4.90 Å². The van der Waals surface area contributed by atoms with Gasteiger partial charge in [0.15, 0.2) is 6.61 Å². The highest BCUT2D eigenvalue weighted by atomic mass is 16.5. The first-order valence-electron chi connectivity index (χ1n) is 11.1. The van der Waals surface area contributed by atoms with Crippen LogP contribution in [0.1, 0.15) is 44.7 Å². The molecule has 0 fully saturated rings. The van der Waals surface area contributed by atoms with Crippen LogP contribution < -0.4 is 5.32 Å². The molecule has 0 aliphatic carbocycles. The lowest BCUT2D eigenvalue weighted by atomic mass is 10.0. The van der Waals surface area contributed by atoms with Crippen LogP contribution in [-0.4, -0.2) is 41.7 Å². The summed E-state index contributed by atoms with van der Waals surface area (Å²) in [6.45, 7) is -0.300. The van der Waals surface area contributed by atoms with E-state index in [1.54, 1.807) is 30.3 Å². The highest BCUT2D eigenvalue weighted by Crippen LogP contribution is 2.23. The number of benzene rings is 3. The maximum atomic E-state index is 12.4. The van der Waals surface area contributed by atoms with Gasteiger partial charge in [0.1, 0.15) is 0 Å². The van der Waals surface area contributed by atoms with Gasteiger partial charge in [-0.05, 0) is 42.2 Å². The van der Waals surface area contributed by atoms with E-state index in [4.69, 9.17) is 4.74 Å². The molecule has 7 heteroatoms. The quantitative estimate of drug-likeness (QED) is 0.390. The predicted octanol–water partition coefficient (Wildman–Crippen LogP) is 3.84. The van der Waals surface area contributed by atoms with Gasteiger partial charge in [-0.1, -0.05) is 60.7 Å². The van der Waals surface area contributed by atoms with Crippen molar-refractivity contribution in [3.63, 3.8) is 0 Å². The SMILES string of the molecule is O=C(COC(=O)CCCN1C(=O)c2ccccc2C1=O)Nc1ccccc1Cc1ccccc1. The Bertz CT molecular complexity index is 1190. The number of ether oxygens (including phenoxy) is 1. The molecule has 1 aliphatic heterocycles. The van der Waals surface area contributed by atoms with Crippen LogP contribution in [0.25, 0.3) is 0 Å². The number of nitrogens with one attached hydrogen (secondary N) is 1. The molecule has 0 radical (unpaired) electrons. The van der Waals surface area contributed by atoms with Crippen molar-refractivity contribution in [3.8, 4) is 0 Å². The van der Waals surface area contributed by atoms with Gasteiger partial charge < -0.3 is 10.1 Å². The topological polar surface area (TPSA) is 92.8 Å². The van der Waals surface area contributed by atoms with Crippen LogP contribution in [0.2, 0.25) is 0 Å². The van der Waals surface area contributed by atoms with E-state index in [1.165, 1.54) is 0 Å². The van der Waals surface area contributed by atoms with Gasteiger partial charge in [-0.25, -0.2) is 0 Å². The van der Waals surface area contributed by atoms with Crippen molar-refractivity contribution in [2.75, 3.05) is 18.5 Å². The second-order valence-electron chi connectivity index (χ2n) is 7.94. The summed E-state index contributed by atoms with van der Waals surface area (Å²) in [7, 11) is 0. The molecule has 3 aromatic rings. The molecule has 1 heterocycles. The lowest BCUT2D eigenvalue weighted by Crippen LogP contribution is -2.31. The predicted molar refractivity (Wildman–Crippen MR) is 126 cm³/mol. The standard InChI is InChI=1S/C27H24N2O5/c30-24(28-23-14-7-4-11-20(23)17-19-9-2-1-3-10-19)18-34-25(31)15-8-16-29-26(32)21-12-5-6-13-22(21)27(29)33/h1-7,9-14H,8,15-18H2,(H,28,30). The van der Waals surface area contributed by atoms with E-state index in [-0.39, 0.29) is 31.2 Å². The first-order chi connectivity index (χ1) is 16.5. The molecule has 7 nitrogen and oxygen atoms in total. The first-order valence-corrected chi connectivity index (χ1v) is 11.1. The van der Waals surface area contributed by atoms with Crippen LogP contribution in [-0.2, 0) is 20.7 Å². The zero-order chi connectivity index (χ0) is 23.9. The molecule has 0 unspecified atom stereocenters. The smallest absolute Gasteiger partial charge is 0.306 e. The van der Waals surface area contributed by atoms with Crippen LogP contribution in [0, 0.1) is 0 Å². The molecule has 34 heavy (non-hydrogen) atoms. The maximum absolute atomic E-state index is 12.4. The van der Waals surface area contributed by atoms with Gasteiger partial charge in [-0.15, -0.1) is 0 Å². The molecule has 4 rings (SSSR count). The molecular weight excluding hydrogens is 432 g/mol. The monoisotopic (exact) mass is 456 g/mol. The summed E-state index contributed by atoms with van der Waals surface area (Å²) >= 11 is 0. The largest absolute Gasteiger partial charge is 0.456 e. The summed E-state index contributed by atoms with van der Waals surface area (Å²) < 4.78 is 5.08. The van der Waals surface area contributed by atoms with Crippen LogP contribution in [0.3, 0.4) is 0 Å². The number of para-hydroxylation sites is 1. The Labute approximate surface area is 197 Å². The molecule has 0 atom stereocenters. The molecule has 3 amide bonds. The summed E-state index contributed by atoms with van der Waals surface area (Å²) in [4.78, 5) is 50.2. The molecule has 172 valence electrons. The molecule has 0 bridgehead atoms. The fraction of sp³-hybridized carbons (Fsp3) is 0.185. The Balaban J connectivity index is 1.22. The number of anilines is 1. The summed E-state index contributed by atoms with van der Waals surface area (Å²) in [6.07, 6.45) is 0.909. The van der Waals surface area contributed by atoms with Crippen molar-refractivity contribution >= 4 is 29.4 Å². The van der Waals surface area contributed by atoms with Crippen LogP contribution >= 0.6 is 0 Å². The van der Waals surface area contributed by atoms with E-state index < -0.39 is 18.5 Å². The number of hydrogen-bond donors (Lipinski definition) is 1. The highest BCUT2D eigenvalue weighted by Gasteiger charge is 2.34. The first kappa shape index (κ1) is 22.9. The normalized spacial score (nSPS) is 12.4. The molecule has 0 aromatic heterocycles. The second kappa shape index (κ2) is 10.6. The average Bonchev–Trinajstić information content (AvgIpc) is 3.10. The average molecular weight is 456 g/mol. The Morgan fingerprint density at radius 3 is 2.12 bits per heavy atom. The number of carbonyl (C=O) groups excluding carboxylic acids is 4. The van der Waals surface area contributed by atoms with Gasteiger partial charge in [0.25, 0.3) is 17.7 Å². The van der Waals surface area contributed by atoms with Crippen molar-refractivity contribution < 1.29 is 23.9 Å². The molecule has 3 aromatic carbocycles. The Hall–Kier alpha value is -4.26. The van der Waals surface area contributed by atoms with E-state index in [0.717, 1.165) is 16.0 Å². The molecule has 0 spiro atoms. The highest BCUT2D eigenvalue weighted by molar-refractivity contribution is 6.21. The maximum Gasteiger partial charge on any atom is 0.306 e. The van der Waals surface area contributed by atoms with Crippen LogP contribution in [0.15, 0.2) is 78.9 Å². The molecule has 1 N–H and O–H groups in total. The number of esters is 1. The van der Waals surface area contributed by atoms with Gasteiger partial charge in [0, 0.05) is 18.7 Å². The number of nitrogens with zero attached hydrogens (tertiary/aromatic N) is 1. The summed E-state index contributed by atoms with van der Waals surface area (Å²) in [5.74, 6) is -1.72. The van der Waals surface area contributed by atoms with Gasteiger partial charge in [-0.2, -0.15) is 0 Å². The number of carbonyl (C=O) groups is 4. The summed E-state index contributed by atoms with van der Waals surface area (Å²) in [5, 5.41) is 2.79. The van der Waals surface area contributed by atoms with Crippen LogP contribution in [0.5, 0.6) is 0 Å². The van der Waals surface area contributed by atoms with Crippen molar-refractivity contribution in [3.05, 3.63) is 101 Å². The van der Waals surface area contributed by atoms with E-state index in [2.05, 4.69) is 5.32 Å². The second-order valence-corrected chi connectivity index (χ2v) is 7.94. The zero-order valence-electron chi connectivity index (χ0n) is 18.5. The van der Waals surface area contributed by atoms with Crippen molar-refractivity contribution in [2.45, 2.75) is 19.3 Å². The van der Waals surface area contributed by atoms with Gasteiger partial charge in [0.2, 0.25) is 0 Å². The minimum atomic E-state index is -0.565. The fourth-order valence-electron chi connectivity index (χ4n) is 3.84. The number of fused-ring (bicyclic) bond motifs is 1. The Morgan fingerprint density at radius 1 is 0.794 bits per heavy atom. The van der Waals surface area contributed by atoms with Crippen molar-refractivity contribution in [2.24, 2.45) is 0 Å².